The van der Waals surface area contributed by atoms with Crippen LogP contribution in [0.25, 0.3) is 0 Å². The van der Waals surface area contributed by atoms with E-state index in [-0.39, 0.29) is 24.0 Å². The van der Waals surface area contributed by atoms with Crippen LogP contribution in [0, 0.1) is 0 Å². The summed E-state index contributed by atoms with van der Waals surface area (Å²) in [4.78, 5) is 5.37. The maximum atomic E-state index is 12.3. The van der Waals surface area contributed by atoms with Crippen molar-refractivity contribution in [2.45, 2.75) is 18.2 Å². The maximum absolute atomic E-state index is 12.3. The molecular formula is C21H30IN3O3S. The van der Waals surface area contributed by atoms with Gasteiger partial charge in [-0.25, -0.2) is 0 Å². The fourth-order valence-corrected chi connectivity index (χ4v) is 3.59. The molecule has 1 unspecified atom stereocenters. The van der Waals surface area contributed by atoms with Gasteiger partial charge < -0.3 is 20.1 Å². The zero-order chi connectivity index (χ0) is 20.2. The number of benzene rings is 2. The molecule has 2 aromatic carbocycles. The Morgan fingerprint density at radius 2 is 1.76 bits per heavy atom. The minimum Gasteiger partial charge on any atom is -0.493 e. The molecule has 160 valence electrons. The lowest BCUT2D eigenvalue weighted by Gasteiger charge is -2.12. The Morgan fingerprint density at radius 3 is 2.41 bits per heavy atom. The molecule has 2 rings (SSSR count). The van der Waals surface area contributed by atoms with Gasteiger partial charge >= 0.3 is 0 Å². The van der Waals surface area contributed by atoms with Crippen LogP contribution >= 0.6 is 24.0 Å². The van der Waals surface area contributed by atoms with E-state index < -0.39 is 10.8 Å². The smallest absolute Gasteiger partial charge is 0.191 e. The Balaban J connectivity index is 0.00000420. The first kappa shape index (κ1) is 25.2. The summed E-state index contributed by atoms with van der Waals surface area (Å²) < 4.78 is 22.9. The topological polar surface area (TPSA) is 72.0 Å². The van der Waals surface area contributed by atoms with E-state index >= 15 is 0 Å². The molecule has 2 N–H and O–H groups in total. The van der Waals surface area contributed by atoms with Gasteiger partial charge in [-0.15, -0.1) is 24.0 Å². The predicted molar refractivity (Wildman–Crippen MR) is 130 cm³/mol. The van der Waals surface area contributed by atoms with Gasteiger partial charge in [0.25, 0.3) is 0 Å². The molecule has 0 aliphatic carbocycles. The second-order valence-electron chi connectivity index (χ2n) is 5.99. The van der Waals surface area contributed by atoms with Gasteiger partial charge in [-0.3, -0.25) is 9.20 Å². The van der Waals surface area contributed by atoms with Crippen LogP contribution in [0.5, 0.6) is 11.5 Å². The predicted octanol–water partition coefficient (Wildman–Crippen LogP) is 3.23. The molecule has 0 saturated heterocycles. The number of rotatable bonds is 10. The van der Waals surface area contributed by atoms with Crippen molar-refractivity contribution in [1.29, 1.82) is 0 Å². The molecule has 0 fully saturated rings. The molecule has 2 aromatic rings. The lowest BCUT2D eigenvalue weighted by Crippen LogP contribution is -2.38. The van der Waals surface area contributed by atoms with Crippen molar-refractivity contribution in [2.24, 2.45) is 4.99 Å². The van der Waals surface area contributed by atoms with E-state index in [1.165, 1.54) is 0 Å². The van der Waals surface area contributed by atoms with Crippen LogP contribution in [0.4, 0.5) is 0 Å². The summed E-state index contributed by atoms with van der Waals surface area (Å²) in [6, 6.07) is 15.4. The van der Waals surface area contributed by atoms with Crippen molar-refractivity contribution in [2.75, 3.05) is 39.6 Å². The van der Waals surface area contributed by atoms with E-state index in [0.717, 1.165) is 47.4 Å². The number of ether oxygens (including phenoxy) is 2. The normalized spacial score (nSPS) is 11.9. The van der Waals surface area contributed by atoms with Crippen molar-refractivity contribution in [3.63, 3.8) is 0 Å². The number of aliphatic imine (C=N–C) groups is 1. The molecule has 0 amide bonds. The van der Waals surface area contributed by atoms with Crippen LogP contribution < -0.4 is 20.1 Å². The molecule has 8 heteroatoms. The largest absolute Gasteiger partial charge is 0.493 e. The first-order valence-electron chi connectivity index (χ1n) is 9.34. The van der Waals surface area contributed by atoms with Crippen LogP contribution in [0.1, 0.15) is 12.5 Å². The fourth-order valence-electron chi connectivity index (χ4n) is 2.63. The lowest BCUT2D eigenvalue weighted by molar-refractivity contribution is 0.354. The Labute approximate surface area is 193 Å². The molecular weight excluding hydrogens is 501 g/mol. The van der Waals surface area contributed by atoms with Gasteiger partial charge in [0.15, 0.2) is 17.5 Å². The number of guanidine groups is 1. The molecule has 29 heavy (non-hydrogen) atoms. The summed E-state index contributed by atoms with van der Waals surface area (Å²) in [5, 5.41) is 6.54. The number of hydrogen-bond acceptors (Lipinski definition) is 4. The molecule has 0 spiro atoms. The van der Waals surface area contributed by atoms with Gasteiger partial charge in [-0.05, 0) is 43.2 Å². The average Bonchev–Trinajstić information content (AvgIpc) is 2.74. The van der Waals surface area contributed by atoms with Crippen molar-refractivity contribution in [3.8, 4) is 11.5 Å². The molecule has 0 aromatic heterocycles. The third-order valence-electron chi connectivity index (χ3n) is 4.05. The molecule has 0 aliphatic heterocycles. The highest BCUT2D eigenvalue weighted by Gasteiger charge is 2.06. The molecule has 6 nitrogen and oxygen atoms in total. The van der Waals surface area contributed by atoms with Gasteiger partial charge in [0.05, 0.1) is 31.6 Å². The maximum Gasteiger partial charge on any atom is 0.191 e. The fraction of sp³-hybridized carbons (Fsp3) is 0.381. The average molecular weight is 531 g/mol. The van der Waals surface area contributed by atoms with Crippen molar-refractivity contribution >= 4 is 40.7 Å². The Hall–Kier alpha value is -1.81. The number of nitrogens with zero attached hydrogens (tertiary/aromatic N) is 1. The van der Waals surface area contributed by atoms with Crippen LogP contribution in [-0.2, 0) is 17.2 Å². The van der Waals surface area contributed by atoms with Gasteiger partial charge in [-0.2, -0.15) is 0 Å². The SMILES string of the molecule is CCNC(=NCCS(=O)c1ccccc1)NCCc1ccc(OC)c(OC)c1.I. The quantitative estimate of drug-likeness (QED) is 0.280. The van der Waals surface area contributed by atoms with Crippen molar-refractivity contribution in [1.82, 2.24) is 10.6 Å². The second kappa shape index (κ2) is 14.2. The van der Waals surface area contributed by atoms with Crippen LogP contribution in [0.3, 0.4) is 0 Å². The lowest BCUT2D eigenvalue weighted by atomic mass is 10.1. The second-order valence-corrected chi connectivity index (χ2v) is 7.56. The van der Waals surface area contributed by atoms with E-state index in [0.29, 0.717) is 12.3 Å². The van der Waals surface area contributed by atoms with E-state index in [2.05, 4.69) is 15.6 Å². The van der Waals surface area contributed by atoms with E-state index in [1.807, 2.05) is 55.5 Å². The van der Waals surface area contributed by atoms with Crippen LogP contribution in [-0.4, -0.2) is 49.8 Å². The number of halogens is 1. The standard InChI is InChI=1S/C21H29N3O3S.HI/c1-4-22-21(24-14-15-28(25)18-8-6-5-7-9-18)23-13-12-17-10-11-19(26-2)20(16-17)27-3;/h5-11,16H,4,12-15H2,1-3H3,(H2,22,23,24);1H. The summed E-state index contributed by atoms with van der Waals surface area (Å²) in [6.07, 6.45) is 0.820. The number of methoxy groups -OCH3 is 2. The zero-order valence-corrected chi connectivity index (χ0v) is 20.3. The molecule has 0 radical (unpaired) electrons. The highest BCUT2D eigenvalue weighted by atomic mass is 127. The molecule has 0 saturated carbocycles. The molecule has 0 heterocycles. The Kier molecular flexibility index (Phi) is 12.4. The first-order valence-corrected chi connectivity index (χ1v) is 10.7. The van der Waals surface area contributed by atoms with Crippen LogP contribution in [0.15, 0.2) is 58.4 Å². The van der Waals surface area contributed by atoms with E-state index in [1.54, 1.807) is 14.2 Å². The van der Waals surface area contributed by atoms with Crippen molar-refractivity contribution < 1.29 is 13.7 Å². The third-order valence-corrected chi connectivity index (χ3v) is 5.40. The summed E-state index contributed by atoms with van der Waals surface area (Å²) in [5.74, 6) is 2.67. The Bertz CT molecular complexity index is 788. The third kappa shape index (κ3) is 8.61. The monoisotopic (exact) mass is 531 g/mol. The number of hydrogen-bond donors (Lipinski definition) is 2. The zero-order valence-electron chi connectivity index (χ0n) is 17.1. The summed E-state index contributed by atoms with van der Waals surface area (Å²) in [6.45, 7) is 4.01. The summed E-state index contributed by atoms with van der Waals surface area (Å²) in [5.41, 5.74) is 1.14. The Morgan fingerprint density at radius 1 is 1.03 bits per heavy atom. The van der Waals surface area contributed by atoms with Gasteiger partial charge in [0, 0.05) is 23.7 Å². The molecule has 0 aliphatic rings. The minimum absolute atomic E-state index is 0. The van der Waals surface area contributed by atoms with Gasteiger partial charge in [0.1, 0.15) is 0 Å². The van der Waals surface area contributed by atoms with Crippen LogP contribution in [0.2, 0.25) is 0 Å². The number of nitrogens with one attached hydrogen (secondary N) is 2. The van der Waals surface area contributed by atoms with E-state index in [4.69, 9.17) is 9.47 Å². The van der Waals surface area contributed by atoms with Gasteiger partial charge in [-0.1, -0.05) is 24.3 Å². The first-order chi connectivity index (χ1) is 13.7. The summed E-state index contributed by atoms with van der Waals surface area (Å²) >= 11 is 0. The molecule has 0 bridgehead atoms. The molecule has 1 atom stereocenters. The summed E-state index contributed by atoms with van der Waals surface area (Å²) in [7, 11) is 2.23. The highest BCUT2D eigenvalue weighted by molar-refractivity contribution is 14.0. The highest BCUT2D eigenvalue weighted by Crippen LogP contribution is 2.27. The van der Waals surface area contributed by atoms with E-state index in [9.17, 15) is 4.21 Å². The minimum atomic E-state index is -1.03. The van der Waals surface area contributed by atoms with Gasteiger partial charge in [0.2, 0.25) is 0 Å². The van der Waals surface area contributed by atoms with Crippen molar-refractivity contribution in [3.05, 3.63) is 54.1 Å².